The predicted molar refractivity (Wildman–Crippen MR) is 58.9 cm³/mol. The van der Waals surface area contributed by atoms with Gasteiger partial charge in [-0.2, -0.15) is 0 Å². The van der Waals surface area contributed by atoms with Gasteiger partial charge in [0.1, 0.15) is 0 Å². The largest absolute Gasteiger partial charge is 0.313 e. The first-order chi connectivity index (χ1) is 6.03. The van der Waals surface area contributed by atoms with Gasteiger partial charge in [0.25, 0.3) is 0 Å². The number of hydrogen-bond donors (Lipinski definition) is 1. The molecule has 0 radical (unpaired) electrons. The van der Waals surface area contributed by atoms with Gasteiger partial charge in [-0.3, -0.25) is 0 Å². The van der Waals surface area contributed by atoms with Crippen LogP contribution in [0.5, 0.6) is 0 Å². The lowest BCUT2D eigenvalue weighted by Crippen LogP contribution is -2.35. The minimum absolute atomic E-state index is 0.478. The molecule has 1 rings (SSSR count). The summed E-state index contributed by atoms with van der Waals surface area (Å²) in [5, 5.41) is 3.70. The third kappa shape index (κ3) is 3.68. The monoisotopic (exact) mass is 183 g/mol. The van der Waals surface area contributed by atoms with Gasteiger partial charge in [0.2, 0.25) is 0 Å². The van der Waals surface area contributed by atoms with E-state index in [1.807, 2.05) is 0 Å². The molecule has 0 aromatic carbocycles. The maximum absolute atomic E-state index is 3.70. The molecule has 2 atom stereocenters. The first-order valence-corrected chi connectivity index (χ1v) is 5.77. The summed E-state index contributed by atoms with van der Waals surface area (Å²) in [5.74, 6) is 0.947. The van der Waals surface area contributed by atoms with Crippen molar-refractivity contribution in [3.63, 3.8) is 0 Å². The third-order valence-corrected chi connectivity index (χ3v) is 3.52. The normalized spacial score (nSPS) is 29.5. The van der Waals surface area contributed by atoms with Crippen LogP contribution in [0.15, 0.2) is 0 Å². The third-order valence-electron chi connectivity index (χ3n) is 3.52. The molecule has 0 aromatic heterocycles. The van der Waals surface area contributed by atoms with Crippen LogP contribution in [0.4, 0.5) is 0 Å². The fourth-order valence-electron chi connectivity index (χ4n) is 1.94. The maximum Gasteiger partial charge on any atom is 0.00699 e. The van der Waals surface area contributed by atoms with E-state index < -0.39 is 0 Å². The van der Waals surface area contributed by atoms with Crippen molar-refractivity contribution in [2.45, 2.75) is 59.4 Å². The summed E-state index contributed by atoms with van der Waals surface area (Å²) in [6, 6.07) is 0.806. The summed E-state index contributed by atoms with van der Waals surface area (Å²) in [4.78, 5) is 0. The molecule has 0 aliphatic heterocycles. The van der Waals surface area contributed by atoms with Crippen LogP contribution in [0, 0.1) is 11.3 Å². The number of nitrogens with one attached hydrogen (secondary N) is 1. The van der Waals surface area contributed by atoms with Crippen LogP contribution in [0.3, 0.4) is 0 Å². The molecule has 1 N–H and O–H groups in total. The van der Waals surface area contributed by atoms with Gasteiger partial charge in [0.05, 0.1) is 0 Å². The van der Waals surface area contributed by atoms with Crippen LogP contribution >= 0.6 is 0 Å². The standard InChI is InChI=1S/C12H25N/c1-5-12(3,4)9-13-11-7-6-10(2)8-11/h10-11,13H,5-9H2,1-4H3. The summed E-state index contributed by atoms with van der Waals surface area (Å²) in [5.41, 5.74) is 0.478. The van der Waals surface area contributed by atoms with Crippen molar-refractivity contribution in [1.82, 2.24) is 5.32 Å². The van der Waals surface area contributed by atoms with Crippen LogP contribution < -0.4 is 5.32 Å². The molecule has 1 nitrogen and oxygen atoms in total. The van der Waals surface area contributed by atoms with Crippen molar-refractivity contribution in [2.75, 3.05) is 6.54 Å². The van der Waals surface area contributed by atoms with Gasteiger partial charge in [0.15, 0.2) is 0 Å². The first kappa shape index (κ1) is 11.0. The number of hydrogen-bond acceptors (Lipinski definition) is 1. The Balaban J connectivity index is 2.19. The van der Waals surface area contributed by atoms with E-state index in [0.717, 1.165) is 12.0 Å². The van der Waals surface area contributed by atoms with E-state index in [0.29, 0.717) is 5.41 Å². The molecule has 2 unspecified atom stereocenters. The summed E-state index contributed by atoms with van der Waals surface area (Å²) in [6.07, 6.45) is 5.47. The molecule has 0 amide bonds. The Bertz CT molecular complexity index is 151. The molecule has 78 valence electrons. The van der Waals surface area contributed by atoms with Crippen molar-refractivity contribution < 1.29 is 0 Å². The predicted octanol–water partition coefficient (Wildman–Crippen LogP) is 3.20. The molecular formula is C12H25N. The van der Waals surface area contributed by atoms with Gasteiger partial charge < -0.3 is 5.32 Å². The molecule has 0 heterocycles. The van der Waals surface area contributed by atoms with E-state index in [1.54, 1.807) is 0 Å². The van der Waals surface area contributed by atoms with Crippen molar-refractivity contribution in [3.8, 4) is 0 Å². The zero-order chi connectivity index (χ0) is 9.90. The van der Waals surface area contributed by atoms with E-state index in [1.165, 1.54) is 32.2 Å². The molecule has 1 aliphatic carbocycles. The Morgan fingerprint density at radius 3 is 2.46 bits per heavy atom. The highest BCUT2D eigenvalue weighted by molar-refractivity contribution is 4.80. The Hall–Kier alpha value is -0.0400. The van der Waals surface area contributed by atoms with Crippen molar-refractivity contribution >= 4 is 0 Å². The zero-order valence-corrected chi connectivity index (χ0v) is 9.69. The average molecular weight is 183 g/mol. The molecule has 0 aromatic rings. The van der Waals surface area contributed by atoms with E-state index in [4.69, 9.17) is 0 Å². The molecule has 0 bridgehead atoms. The molecular weight excluding hydrogens is 158 g/mol. The highest BCUT2D eigenvalue weighted by atomic mass is 14.9. The number of rotatable bonds is 4. The summed E-state index contributed by atoms with van der Waals surface area (Å²) in [7, 11) is 0. The summed E-state index contributed by atoms with van der Waals surface area (Å²) >= 11 is 0. The van der Waals surface area contributed by atoms with Gasteiger partial charge >= 0.3 is 0 Å². The summed E-state index contributed by atoms with van der Waals surface area (Å²) in [6.45, 7) is 10.5. The molecule has 1 fully saturated rings. The van der Waals surface area contributed by atoms with Crippen LogP contribution in [0.2, 0.25) is 0 Å². The van der Waals surface area contributed by atoms with Gasteiger partial charge in [-0.05, 0) is 37.0 Å². The second-order valence-electron chi connectivity index (χ2n) is 5.51. The average Bonchev–Trinajstić information content (AvgIpc) is 2.48. The van der Waals surface area contributed by atoms with Crippen LogP contribution in [0.1, 0.15) is 53.4 Å². The van der Waals surface area contributed by atoms with Gasteiger partial charge in [-0.15, -0.1) is 0 Å². The minimum atomic E-state index is 0.478. The second-order valence-corrected chi connectivity index (χ2v) is 5.51. The Kier molecular flexibility index (Phi) is 3.78. The van der Waals surface area contributed by atoms with Crippen LogP contribution in [0.25, 0.3) is 0 Å². The van der Waals surface area contributed by atoms with Crippen LogP contribution in [-0.4, -0.2) is 12.6 Å². The second kappa shape index (κ2) is 4.45. The van der Waals surface area contributed by atoms with Crippen LogP contribution in [-0.2, 0) is 0 Å². The molecule has 1 aliphatic rings. The molecule has 0 saturated heterocycles. The quantitative estimate of drug-likeness (QED) is 0.706. The van der Waals surface area contributed by atoms with E-state index in [-0.39, 0.29) is 0 Å². The Labute approximate surface area is 83.3 Å². The molecule has 1 heteroatoms. The molecule has 0 spiro atoms. The topological polar surface area (TPSA) is 12.0 Å². The van der Waals surface area contributed by atoms with Gasteiger partial charge in [0, 0.05) is 12.6 Å². The fourth-order valence-corrected chi connectivity index (χ4v) is 1.94. The van der Waals surface area contributed by atoms with Crippen molar-refractivity contribution in [2.24, 2.45) is 11.3 Å². The van der Waals surface area contributed by atoms with Gasteiger partial charge in [-0.1, -0.05) is 27.7 Å². The van der Waals surface area contributed by atoms with Crippen molar-refractivity contribution in [1.29, 1.82) is 0 Å². The molecule has 1 saturated carbocycles. The lowest BCUT2D eigenvalue weighted by atomic mass is 9.90. The van der Waals surface area contributed by atoms with E-state index >= 15 is 0 Å². The fraction of sp³-hybridized carbons (Fsp3) is 1.00. The highest BCUT2D eigenvalue weighted by Gasteiger charge is 2.23. The van der Waals surface area contributed by atoms with E-state index in [2.05, 4.69) is 33.0 Å². The lowest BCUT2D eigenvalue weighted by molar-refractivity contribution is 0.307. The Morgan fingerprint density at radius 1 is 1.31 bits per heavy atom. The minimum Gasteiger partial charge on any atom is -0.313 e. The van der Waals surface area contributed by atoms with Gasteiger partial charge in [-0.25, -0.2) is 0 Å². The smallest absolute Gasteiger partial charge is 0.00699 e. The SMILES string of the molecule is CCC(C)(C)CNC1CCC(C)C1. The van der Waals surface area contributed by atoms with Crippen molar-refractivity contribution in [3.05, 3.63) is 0 Å². The first-order valence-electron chi connectivity index (χ1n) is 5.77. The molecule has 13 heavy (non-hydrogen) atoms. The van der Waals surface area contributed by atoms with E-state index in [9.17, 15) is 0 Å². The Morgan fingerprint density at radius 2 is 2.00 bits per heavy atom. The highest BCUT2D eigenvalue weighted by Crippen LogP contribution is 2.26. The summed E-state index contributed by atoms with van der Waals surface area (Å²) < 4.78 is 0. The maximum atomic E-state index is 3.70. The lowest BCUT2D eigenvalue weighted by Gasteiger charge is -2.25. The zero-order valence-electron chi connectivity index (χ0n) is 9.69.